The van der Waals surface area contributed by atoms with E-state index in [1.807, 2.05) is 0 Å². The summed E-state index contributed by atoms with van der Waals surface area (Å²) < 4.78 is 15.5. The summed E-state index contributed by atoms with van der Waals surface area (Å²) in [4.78, 5) is 54.8. The molecule has 0 spiro atoms. The number of amides is 3. The lowest BCUT2D eigenvalue weighted by Gasteiger charge is -2.34. The van der Waals surface area contributed by atoms with E-state index in [0.29, 0.717) is 30.7 Å². The molecule has 9 nitrogen and oxygen atoms in total. The molecule has 0 saturated carbocycles. The van der Waals surface area contributed by atoms with E-state index >= 15 is 0 Å². The van der Waals surface area contributed by atoms with Crippen LogP contribution in [0.1, 0.15) is 38.2 Å². The van der Waals surface area contributed by atoms with Gasteiger partial charge in [-0.1, -0.05) is 12.1 Å². The van der Waals surface area contributed by atoms with Crippen LogP contribution in [-0.4, -0.2) is 80.6 Å². The second-order valence-corrected chi connectivity index (χ2v) is 8.44. The van der Waals surface area contributed by atoms with E-state index in [-0.39, 0.29) is 62.8 Å². The number of ether oxygens (including phenoxy) is 3. The van der Waals surface area contributed by atoms with Crippen LogP contribution in [0.15, 0.2) is 24.3 Å². The predicted octanol–water partition coefficient (Wildman–Crippen LogP) is 1.53. The number of rotatable bonds is 9. The van der Waals surface area contributed by atoms with Crippen LogP contribution in [0.25, 0.3) is 0 Å². The standard InChI is InChI=1S/C24H32N2O7/c1-4-33-22(29)17-7-6-10-25(16-17)20(27)14-24(18-8-5-9-19(13-18)32-3)15-21(28)26(23(24)30)11-12-31-2/h5,8-9,13,17H,4,6-7,10-12,14-16H2,1-3H3. The predicted molar refractivity (Wildman–Crippen MR) is 118 cm³/mol. The molecule has 0 radical (unpaired) electrons. The number of carbonyl (C=O) groups excluding carboxylic acids is 4. The van der Waals surface area contributed by atoms with Crippen molar-refractivity contribution in [3.8, 4) is 5.75 Å². The molecule has 0 N–H and O–H groups in total. The molecule has 1 aromatic rings. The Labute approximate surface area is 193 Å². The van der Waals surface area contributed by atoms with Crippen LogP contribution >= 0.6 is 0 Å². The summed E-state index contributed by atoms with van der Waals surface area (Å²) in [6, 6.07) is 6.94. The summed E-state index contributed by atoms with van der Waals surface area (Å²) in [5.41, 5.74) is -0.764. The zero-order valence-corrected chi connectivity index (χ0v) is 19.5. The number of hydrogen-bond acceptors (Lipinski definition) is 7. The molecule has 0 aromatic heterocycles. The number of nitrogens with zero attached hydrogens (tertiary/aromatic N) is 2. The monoisotopic (exact) mass is 460 g/mol. The Morgan fingerprint density at radius 3 is 2.70 bits per heavy atom. The van der Waals surface area contributed by atoms with Crippen molar-refractivity contribution in [3.63, 3.8) is 0 Å². The van der Waals surface area contributed by atoms with E-state index in [0.717, 1.165) is 0 Å². The molecule has 2 unspecified atom stereocenters. The van der Waals surface area contributed by atoms with Crippen LogP contribution in [0.2, 0.25) is 0 Å². The van der Waals surface area contributed by atoms with E-state index in [4.69, 9.17) is 14.2 Å². The number of piperidine rings is 1. The normalized spacial score (nSPS) is 23.1. The second kappa shape index (κ2) is 10.8. The maximum Gasteiger partial charge on any atom is 0.310 e. The van der Waals surface area contributed by atoms with Crippen LogP contribution in [0.4, 0.5) is 0 Å². The van der Waals surface area contributed by atoms with Crippen LogP contribution in [0.3, 0.4) is 0 Å². The third kappa shape index (κ3) is 5.19. The van der Waals surface area contributed by atoms with Gasteiger partial charge in [-0.15, -0.1) is 0 Å². The number of benzene rings is 1. The fourth-order valence-corrected chi connectivity index (χ4v) is 4.62. The minimum Gasteiger partial charge on any atom is -0.497 e. The van der Waals surface area contributed by atoms with E-state index in [2.05, 4.69) is 0 Å². The first-order valence-electron chi connectivity index (χ1n) is 11.3. The molecule has 0 bridgehead atoms. The molecule has 2 atom stereocenters. The summed E-state index contributed by atoms with van der Waals surface area (Å²) in [6.45, 7) is 3.13. The lowest BCUT2D eigenvalue weighted by Crippen LogP contribution is -2.47. The molecule has 9 heteroatoms. The minimum atomic E-state index is -1.33. The first kappa shape index (κ1) is 24.7. The topological polar surface area (TPSA) is 102 Å². The summed E-state index contributed by atoms with van der Waals surface area (Å²) in [5, 5.41) is 0. The zero-order chi connectivity index (χ0) is 24.0. The van der Waals surface area contributed by atoms with Crippen LogP contribution in [0.5, 0.6) is 5.75 Å². The van der Waals surface area contributed by atoms with Gasteiger partial charge in [0.15, 0.2) is 0 Å². The van der Waals surface area contributed by atoms with E-state index in [9.17, 15) is 19.2 Å². The van der Waals surface area contributed by atoms with Crippen molar-refractivity contribution in [1.82, 2.24) is 9.80 Å². The Morgan fingerprint density at radius 1 is 1.21 bits per heavy atom. The molecular formula is C24H32N2O7. The highest BCUT2D eigenvalue weighted by Crippen LogP contribution is 2.41. The summed E-state index contributed by atoms with van der Waals surface area (Å²) in [7, 11) is 3.02. The van der Waals surface area contributed by atoms with Gasteiger partial charge in [-0.05, 0) is 37.5 Å². The van der Waals surface area contributed by atoms with Crippen molar-refractivity contribution in [2.45, 2.75) is 38.0 Å². The molecule has 180 valence electrons. The van der Waals surface area contributed by atoms with Gasteiger partial charge in [0, 0.05) is 33.0 Å². The quantitative estimate of drug-likeness (QED) is 0.407. The third-order valence-electron chi connectivity index (χ3n) is 6.40. The molecule has 2 aliphatic rings. The van der Waals surface area contributed by atoms with Gasteiger partial charge in [-0.25, -0.2) is 0 Å². The summed E-state index contributed by atoms with van der Waals surface area (Å²) in [6.07, 6.45) is 1.06. The maximum absolute atomic E-state index is 13.6. The van der Waals surface area contributed by atoms with Gasteiger partial charge in [0.25, 0.3) is 0 Å². The van der Waals surface area contributed by atoms with Crippen molar-refractivity contribution in [2.75, 3.05) is 47.1 Å². The van der Waals surface area contributed by atoms with Crippen molar-refractivity contribution in [1.29, 1.82) is 0 Å². The van der Waals surface area contributed by atoms with Crippen molar-refractivity contribution < 1.29 is 33.4 Å². The summed E-state index contributed by atoms with van der Waals surface area (Å²) in [5.74, 6) is -1.16. The highest BCUT2D eigenvalue weighted by molar-refractivity contribution is 6.10. The molecule has 0 aliphatic carbocycles. The highest BCUT2D eigenvalue weighted by atomic mass is 16.5. The fourth-order valence-electron chi connectivity index (χ4n) is 4.62. The molecule has 2 saturated heterocycles. The molecule has 33 heavy (non-hydrogen) atoms. The van der Waals surface area contributed by atoms with Gasteiger partial charge in [-0.2, -0.15) is 0 Å². The van der Waals surface area contributed by atoms with E-state index < -0.39 is 11.3 Å². The maximum atomic E-state index is 13.6. The van der Waals surface area contributed by atoms with E-state index in [1.54, 1.807) is 36.1 Å². The van der Waals surface area contributed by atoms with Crippen molar-refractivity contribution in [2.24, 2.45) is 5.92 Å². The number of esters is 1. The largest absolute Gasteiger partial charge is 0.497 e. The van der Waals surface area contributed by atoms with Gasteiger partial charge in [-0.3, -0.25) is 24.1 Å². The Balaban J connectivity index is 1.89. The van der Waals surface area contributed by atoms with Gasteiger partial charge in [0.05, 0.1) is 38.2 Å². The summed E-state index contributed by atoms with van der Waals surface area (Å²) >= 11 is 0. The van der Waals surface area contributed by atoms with Gasteiger partial charge in [0.1, 0.15) is 5.75 Å². The third-order valence-corrected chi connectivity index (χ3v) is 6.40. The average Bonchev–Trinajstić information content (AvgIpc) is 3.07. The minimum absolute atomic E-state index is 0.108. The lowest BCUT2D eigenvalue weighted by molar-refractivity contribution is -0.152. The Hall–Kier alpha value is -2.94. The Kier molecular flexibility index (Phi) is 8.07. The van der Waals surface area contributed by atoms with Crippen LogP contribution < -0.4 is 4.74 Å². The highest BCUT2D eigenvalue weighted by Gasteiger charge is 2.54. The first-order chi connectivity index (χ1) is 15.9. The van der Waals surface area contributed by atoms with Gasteiger partial charge in [0.2, 0.25) is 17.7 Å². The fraction of sp³-hybridized carbons (Fsp3) is 0.583. The molecule has 2 fully saturated rings. The average molecular weight is 461 g/mol. The number of methoxy groups -OCH3 is 2. The van der Waals surface area contributed by atoms with Crippen molar-refractivity contribution >= 4 is 23.7 Å². The molecule has 2 heterocycles. The van der Waals surface area contributed by atoms with Gasteiger partial charge < -0.3 is 19.1 Å². The molecular weight excluding hydrogens is 428 g/mol. The zero-order valence-electron chi connectivity index (χ0n) is 19.5. The Bertz CT molecular complexity index is 903. The van der Waals surface area contributed by atoms with E-state index in [1.165, 1.54) is 19.1 Å². The molecule has 2 aliphatic heterocycles. The molecule has 3 rings (SSSR count). The van der Waals surface area contributed by atoms with Gasteiger partial charge >= 0.3 is 5.97 Å². The lowest BCUT2D eigenvalue weighted by atomic mass is 9.75. The first-order valence-corrected chi connectivity index (χ1v) is 11.3. The second-order valence-electron chi connectivity index (χ2n) is 8.44. The molecule has 3 amide bonds. The number of likely N-dealkylation sites (tertiary alicyclic amines) is 2. The van der Waals surface area contributed by atoms with Crippen LogP contribution in [-0.2, 0) is 34.1 Å². The molecule has 1 aromatic carbocycles. The number of hydrogen-bond donors (Lipinski definition) is 0. The Morgan fingerprint density at radius 2 is 2.00 bits per heavy atom. The number of carbonyl (C=O) groups is 4. The smallest absolute Gasteiger partial charge is 0.310 e. The SMILES string of the molecule is CCOC(=O)C1CCCN(C(=O)CC2(c3cccc(OC)c3)CC(=O)N(CCOC)C2=O)C1. The van der Waals surface area contributed by atoms with Crippen molar-refractivity contribution in [3.05, 3.63) is 29.8 Å². The number of imide groups is 1. The van der Waals surface area contributed by atoms with Crippen LogP contribution in [0, 0.1) is 5.92 Å².